The van der Waals surface area contributed by atoms with Crippen LogP contribution in [0.4, 0.5) is 0 Å². The fourth-order valence-corrected chi connectivity index (χ4v) is 18.9. The maximum absolute atomic E-state index is 2.21. The summed E-state index contributed by atoms with van der Waals surface area (Å²) in [4.78, 5) is 0. The van der Waals surface area contributed by atoms with E-state index in [0.29, 0.717) is 0 Å². The van der Waals surface area contributed by atoms with Crippen LogP contribution in [0.3, 0.4) is 0 Å². The van der Waals surface area contributed by atoms with Gasteiger partial charge < -0.3 is 0 Å². The van der Waals surface area contributed by atoms with Gasteiger partial charge in [0.25, 0.3) is 0 Å². The molecular weight excluding hydrogens is 468 g/mol. The zero-order valence-corrected chi connectivity index (χ0v) is 14.7. The Kier molecular flexibility index (Phi) is 1.23. The van der Waals surface area contributed by atoms with Crippen molar-refractivity contribution in [2.45, 2.75) is 0 Å². The average Bonchev–Trinajstić information content (AvgIpc) is 3.13. The average molecular weight is 468 g/mol. The van der Waals surface area contributed by atoms with Crippen molar-refractivity contribution in [2.75, 3.05) is 0 Å². The molecule has 15 heavy (non-hydrogen) atoms. The zero-order chi connectivity index (χ0) is 9.31. The predicted octanol–water partition coefficient (Wildman–Crippen LogP) is 2.06. The Hall–Kier alpha value is 0.998. The minimum atomic E-state index is 0.724. The van der Waals surface area contributed by atoms with Gasteiger partial charge in [0.2, 0.25) is 0 Å². The first-order valence-corrected chi connectivity index (χ1v) is 13.4. The molecule has 0 aliphatic heterocycles. The first-order chi connectivity index (χ1) is 7.43. The van der Waals surface area contributed by atoms with Crippen LogP contribution in [0.1, 0.15) is 0 Å². The van der Waals surface area contributed by atoms with E-state index in [-0.39, 0.29) is 0 Å². The molecule has 6 rings (SSSR count). The monoisotopic (exact) mass is 472 g/mol. The van der Waals surface area contributed by atoms with E-state index < -0.39 is 0 Å². The molecule has 70 valence electrons. The molecule has 0 amide bonds. The number of rotatable bonds is 0. The first-order valence-electron chi connectivity index (χ1n) is 4.55. The molecule has 0 aliphatic rings. The van der Waals surface area contributed by atoms with Gasteiger partial charge in [0, 0.05) is 0 Å². The molecule has 0 spiro atoms. The molecular formula is C10SSe4. The van der Waals surface area contributed by atoms with Crippen molar-refractivity contribution in [2.24, 2.45) is 0 Å². The summed E-state index contributed by atoms with van der Waals surface area (Å²) in [6.07, 6.45) is 0. The third-order valence-corrected chi connectivity index (χ3v) is 16.5. The van der Waals surface area contributed by atoms with Crippen LogP contribution >= 0.6 is 9.72 Å². The van der Waals surface area contributed by atoms with Crippen LogP contribution in [0, 0.1) is 0 Å². The molecule has 0 nitrogen and oxygen atoms in total. The van der Waals surface area contributed by atoms with Crippen LogP contribution in [0.2, 0.25) is 0 Å². The van der Waals surface area contributed by atoms with E-state index in [0.717, 1.165) is 56.9 Å². The Labute approximate surface area is 110 Å². The van der Waals surface area contributed by atoms with Crippen LogP contribution in [0.15, 0.2) is 0 Å². The Morgan fingerprint density at radius 3 is 2.27 bits per heavy atom. The van der Waals surface area contributed by atoms with Crippen molar-refractivity contribution in [1.29, 1.82) is 0 Å². The Morgan fingerprint density at radius 2 is 1.27 bits per heavy atom. The van der Waals surface area contributed by atoms with Crippen molar-refractivity contribution in [3.05, 3.63) is 0 Å². The summed E-state index contributed by atoms with van der Waals surface area (Å²) in [5.74, 6) is 0. The summed E-state index contributed by atoms with van der Waals surface area (Å²) in [5, 5.41) is 3.55. The van der Waals surface area contributed by atoms with Crippen molar-refractivity contribution >= 4 is 112 Å². The summed E-state index contributed by atoms with van der Waals surface area (Å²) in [5.41, 5.74) is 0. The minimum absolute atomic E-state index is 0.724. The van der Waals surface area contributed by atoms with E-state index in [9.17, 15) is 0 Å². The SMILES string of the molecule is s1[se]c2c3[se]c3c3[se]c4c5[se]c5c1c4c23. The van der Waals surface area contributed by atoms with Gasteiger partial charge in [0.05, 0.1) is 0 Å². The third-order valence-electron chi connectivity index (χ3n) is 3.13. The summed E-state index contributed by atoms with van der Waals surface area (Å²) in [6.45, 7) is 0. The van der Waals surface area contributed by atoms with Crippen LogP contribution < -0.4 is 0 Å². The molecule has 0 atom stereocenters. The van der Waals surface area contributed by atoms with Crippen LogP contribution in [-0.4, -0.2) is 56.9 Å². The molecule has 0 fully saturated rings. The van der Waals surface area contributed by atoms with Gasteiger partial charge in [-0.25, -0.2) is 0 Å². The second-order valence-electron chi connectivity index (χ2n) is 3.86. The Balaban J connectivity index is 2.30. The van der Waals surface area contributed by atoms with Crippen molar-refractivity contribution < 1.29 is 0 Å². The molecule has 4 heterocycles. The summed E-state index contributed by atoms with van der Waals surface area (Å²) >= 11 is 3.11. The molecule has 2 aromatic carbocycles. The molecule has 0 aliphatic carbocycles. The van der Waals surface area contributed by atoms with E-state index in [2.05, 4.69) is 9.72 Å². The third kappa shape index (κ3) is 0.753. The van der Waals surface area contributed by atoms with Gasteiger partial charge in [0.15, 0.2) is 0 Å². The summed E-state index contributed by atoms with van der Waals surface area (Å²) in [7, 11) is 2.21. The molecule has 0 unspecified atom stereocenters. The van der Waals surface area contributed by atoms with Crippen molar-refractivity contribution in [3.63, 3.8) is 0 Å². The van der Waals surface area contributed by atoms with Crippen LogP contribution in [-0.2, 0) is 0 Å². The van der Waals surface area contributed by atoms with E-state index >= 15 is 0 Å². The molecule has 4 aromatic heterocycles. The maximum atomic E-state index is 2.21. The standard InChI is InChI=1S/C10SSe4/c11-3-1-2-5(9-10(14-9)6(2)15-11)12-4(1)8-7(3)13-8. The summed E-state index contributed by atoms with van der Waals surface area (Å²) < 4.78 is 14.6. The van der Waals surface area contributed by atoms with Crippen molar-refractivity contribution in [1.82, 2.24) is 0 Å². The molecule has 0 saturated heterocycles. The number of hydrogen-bond acceptors (Lipinski definition) is 1. The van der Waals surface area contributed by atoms with Gasteiger partial charge in [0.1, 0.15) is 0 Å². The first kappa shape index (κ1) is 8.16. The predicted molar refractivity (Wildman–Crippen MR) is 73.2 cm³/mol. The van der Waals surface area contributed by atoms with Crippen LogP contribution in [0.5, 0.6) is 0 Å². The van der Waals surface area contributed by atoms with Crippen molar-refractivity contribution in [3.8, 4) is 0 Å². The summed E-state index contributed by atoms with van der Waals surface area (Å²) in [6, 6.07) is 0. The van der Waals surface area contributed by atoms with Gasteiger partial charge in [-0.1, -0.05) is 0 Å². The number of hydrogen-bond donors (Lipinski definition) is 0. The number of fused-ring (bicyclic) bond motifs is 6. The van der Waals surface area contributed by atoms with E-state index in [1.807, 2.05) is 29.8 Å². The molecule has 0 saturated carbocycles. The fraction of sp³-hybridized carbons (Fsp3) is 0. The zero-order valence-electron chi connectivity index (χ0n) is 7.04. The topological polar surface area (TPSA) is 0 Å². The second-order valence-corrected chi connectivity index (χ2v) is 14.0. The van der Waals surface area contributed by atoms with E-state index in [1.54, 1.807) is 15.5 Å². The van der Waals surface area contributed by atoms with Gasteiger partial charge in [-0.3, -0.25) is 0 Å². The fourth-order valence-electron chi connectivity index (χ4n) is 2.40. The van der Waals surface area contributed by atoms with Gasteiger partial charge >= 0.3 is 112 Å². The van der Waals surface area contributed by atoms with E-state index in [4.69, 9.17) is 0 Å². The quantitative estimate of drug-likeness (QED) is 0.237. The van der Waals surface area contributed by atoms with E-state index in [1.165, 1.54) is 0 Å². The molecule has 6 aromatic rings. The molecule has 0 N–H and O–H groups in total. The Morgan fingerprint density at radius 1 is 0.600 bits per heavy atom. The van der Waals surface area contributed by atoms with Gasteiger partial charge in [-0.15, -0.1) is 0 Å². The Bertz CT molecular complexity index is 962. The second kappa shape index (κ2) is 2.27. The molecule has 5 heteroatoms. The molecule has 0 radical (unpaired) electrons. The normalized spacial score (nSPS) is 14.7. The van der Waals surface area contributed by atoms with Gasteiger partial charge in [-0.05, 0) is 0 Å². The molecule has 0 bridgehead atoms. The van der Waals surface area contributed by atoms with Gasteiger partial charge in [-0.2, -0.15) is 0 Å². The van der Waals surface area contributed by atoms with Crippen LogP contribution in [0.25, 0.3) is 45.3 Å².